The molecule has 0 spiro atoms. The number of esters is 2. The monoisotopic (exact) mass is 592 g/mol. The maximum atomic E-state index is 12.3. The lowest BCUT2D eigenvalue weighted by atomic mass is 10.0. The average Bonchev–Trinajstić information content (AvgIpc) is 2.91. The molecule has 0 heterocycles. The molecule has 0 aromatic heterocycles. The van der Waals surface area contributed by atoms with Gasteiger partial charge < -0.3 is 19.3 Å². The number of carbonyl (C=O) groups is 2. The summed E-state index contributed by atoms with van der Waals surface area (Å²) in [5.74, 6) is -0.882. The average molecular weight is 593 g/mol. The van der Waals surface area contributed by atoms with Crippen LogP contribution in [-0.2, 0) is 28.2 Å². The van der Waals surface area contributed by atoms with Gasteiger partial charge in [-0.3, -0.25) is 14.1 Å². The Hall–Kier alpha value is -0.950. The van der Waals surface area contributed by atoms with E-state index in [0.29, 0.717) is 6.42 Å². The molecule has 0 bridgehead atoms. The van der Waals surface area contributed by atoms with Crippen LogP contribution >= 0.6 is 7.82 Å². The van der Waals surface area contributed by atoms with Crippen molar-refractivity contribution in [1.82, 2.24) is 0 Å². The first-order valence-electron chi connectivity index (χ1n) is 16.3. The first kappa shape index (κ1) is 39.0. The van der Waals surface area contributed by atoms with Gasteiger partial charge in [-0.05, 0) is 12.8 Å². The third-order valence-corrected chi connectivity index (χ3v) is 7.61. The Labute approximate surface area is 244 Å². The molecule has 0 aliphatic rings. The zero-order valence-corrected chi connectivity index (χ0v) is 26.6. The molecule has 0 rings (SSSR count). The molecule has 0 amide bonds. The van der Waals surface area contributed by atoms with E-state index in [2.05, 4.69) is 18.4 Å². The zero-order chi connectivity index (χ0) is 29.7. The van der Waals surface area contributed by atoms with Crippen molar-refractivity contribution in [1.29, 1.82) is 0 Å². The van der Waals surface area contributed by atoms with E-state index in [1.165, 1.54) is 103 Å². The summed E-state index contributed by atoms with van der Waals surface area (Å²) in [6, 6.07) is 0. The van der Waals surface area contributed by atoms with Crippen molar-refractivity contribution in [2.75, 3.05) is 13.2 Å². The van der Waals surface area contributed by atoms with Crippen LogP contribution < -0.4 is 0 Å². The van der Waals surface area contributed by atoms with Crippen LogP contribution in [0.5, 0.6) is 0 Å². The van der Waals surface area contributed by atoms with Crippen molar-refractivity contribution in [3.05, 3.63) is 0 Å². The normalized spacial score (nSPS) is 12.4. The van der Waals surface area contributed by atoms with Gasteiger partial charge in [0, 0.05) is 12.8 Å². The van der Waals surface area contributed by atoms with E-state index >= 15 is 0 Å². The van der Waals surface area contributed by atoms with Crippen LogP contribution in [0.2, 0.25) is 0 Å². The van der Waals surface area contributed by atoms with Crippen molar-refractivity contribution in [2.24, 2.45) is 0 Å². The Morgan fingerprint density at radius 3 is 1.27 bits per heavy atom. The summed E-state index contributed by atoms with van der Waals surface area (Å²) < 4.78 is 26.1. The molecule has 0 aromatic rings. The van der Waals surface area contributed by atoms with Crippen LogP contribution in [0.4, 0.5) is 0 Å². The van der Waals surface area contributed by atoms with Crippen LogP contribution in [0.25, 0.3) is 0 Å². The highest BCUT2D eigenvalue weighted by Gasteiger charge is 2.22. The minimum absolute atomic E-state index is 0.219. The quantitative estimate of drug-likeness (QED) is 0.0482. The third kappa shape index (κ3) is 30.0. The number of phosphoric ester groups is 1. The van der Waals surface area contributed by atoms with Gasteiger partial charge in [0.05, 0.1) is 6.61 Å². The molecular weight excluding hydrogens is 531 g/mol. The number of hydrogen-bond acceptors (Lipinski definition) is 6. The summed E-state index contributed by atoms with van der Waals surface area (Å²) in [7, 11) is -4.73. The second kappa shape index (κ2) is 28.2. The lowest BCUT2D eigenvalue weighted by Gasteiger charge is -2.18. The molecule has 8 nitrogen and oxygen atoms in total. The molecule has 0 saturated heterocycles. The molecule has 2 N–H and O–H groups in total. The van der Waals surface area contributed by atoms with E-state index < -0.39 is 32.5 Å². The maximum Gasteiger partial charge on any atom is 0.469 e. The topological polar surface area (TPSA) is 119 Å². The number of hydrogen-bond donors (Lipinski definition) is 2. The molecule has 0 fully saturated rings. The molecule has 238 valence electrons. The maximum absolute atomic E-state index is 12.3. The first-order valence-corrected chi connectivity index (χ1v) is 17.9. The van der Waals surface area contributed by atoms with Gasteiger partial charge in [-0.1, -0.05) is 142 Å². The highest BCUT2D eigenvalue weighted by atomic mass is 31.2. The Bertz CT molecular complexity index is 637. The minimum atomic E-state index is -4.73. The summed E-state index contributed by atoms with van der Waals surface area (Å²) in [4.78, 5) is 42.3. The van der Waals surface area contributed by atoms with Crippen LogP contribution in [0.15, 0.2) is 0 Å². The summed E-state index contributed by atoms with van der Waals surface area (Å²) in [5.41, 5.74) is 0. The molecule has 0 aliphatic heterocycles. The second-order valence-corrected chi connectivity index (χ2v) is 12.4. The molecule has 0 saturated carbocycles. The Morgan fingerprint density at radius 2 is 0.900 bits per heavy atom. The van der Waals surface area contributed by atoms with E-state index in [4.69, 9.17) is 19.3 Å². The predicted octanol–water partition coefficient (Wildman–Crippen LogP) is 8.95. The number of rotatable bonds is 30. The Balaban J connectivity index is 3.97. The van der Waals surface area contributed by atoms with Crippen molar-refractivity contribution in [3.63, 3.8) is 0 Å². The van der Waals surface area contributed by atoms with Crippen LogP contribution in [-0.4, -0.2) is 41.0 Å². The summed E-state index contributed by atoms with van der Waals surface area (Å²) in [5, 5.41) is 0. The fourth-order valence-corrected chi connectivity index (χ4v) is 5.03. The van der Waals surface area contributed by atoms with Gasteiger partial charge in [-0.2, -0.15) is 0 Å². The van der Waals surface area contributed by atoms with Crippen LogP contribution in [0, 0.1) is 0 Å². The minimum Gasteiger partial charge on any atom is -0.462 e. The fourth-order valence-electron chi connectivity index (χ4n) is 4.67. The first-order chi connectivity index (χ1) is 19.3. The summed E-state index contributed by atoms with van der Waals surface area (Å²) in [6.07, 6.45) is 25.5. The van der Waals surface area contributed by atoms with E-state index in [0.717, 1.165) is 32.1 Å². The van der Waals surface area contributed by atoms with Gasteiger partial charge >= 0.3 is 19.8 Å². The predicted molar refractivity (Wildman–Crippen MR) is 161 cm³/mol. The van der Waals surface area contributed by atoms with Gasteiger partial charge in [-0.15, -0.1) is 0 Å². The summed E-state index contributed by atoms with van der Waals surface area (Å²) in [6.45, 7) is 3.63. The van der Waals surface area contributed by atoms with Crippen LogP contribution in [0.1, 0.15) is 168 Å². The zero-order valence-electron chi connectivity index (χ0n) is 25.8. The molecular formula is C31H61O8P. The third-order valence-electron chi connectivity index (χ3n) is 7.13. The molecule has 0 radical (unpaired) electrons. The largest absolute Gasteiger partial charge is 0.469 e. The number of ether oxygens (including phenoxy) is 2. The highest BCUT2D eigenvalue weighted by molar-refractivity contribution is 7.46. The van der Waals surface area contributed by atoms with Crippen molar-refractivity contribution in [2.45, 2.75) is 174 Å². The van der Waals surface area contributed by atoms with E-state index in [1.807, 2.05) is 0 Å². The fraction of sp³-hybridized carbons (Fsp3) is 0.935. The molecule has 40 heavy (non-hydrogen) atoms. The molecule has 0 aromatic carbocycles. The standard InChI is InChI=1S/C31H61O8P/c1-3-5-7-9-11-13-14-15-16-17-18-20-22-24-26-31(33)39-29(28-38-40(34,35)36)27-37-30(32)25-23-21-19-12-10-8-6-4-2/h29H,3-28H2,1-2H3,(H2,34,35,36)/t29-/m1/s1. The van der Waals surface area contributed by atoms with Crippen molar-refractivity contribution < 1.29 is 37.9 Å². The van der Waals surface area contributed by atoms with Crippen LogP contribution in [0.3, 0.4) is 0 Å². The van der Waals surface area contributed by atoms with Gasteiger partial charge in [0.1, 0.15) is 6.61 Å². The van der Waals surface area contributed by atoms with Gasteiger partial charge in [0.2, 0.25) is 0 Å². The highest BCUT2D eigenvalue weighted by Crippen LogP contribution is 2.35. The summed E-state index contributed by atoms with van der Waals surface area (Å²) >= 11 is 0. The Kier molecular flexibility index (Phi) is 27.5. The molecule has 1 atom stereocenters. The molecule has 0 unspecified atom stereocenters. The second-order valence-electron chi connectivity index (χ2n) is 11.2. The lowest BCUT2D eigenvalue weighted by molar-refractivity contribution is -0.161. The number of unbranched alkanes of at least 4 members (excludes halogenated alkanes) is 20. The number of phosphoric acid groups is 1. The molecule has 9 heteroatoms. The molecule has 0 aliphatic carbocycles. The van der Waals surface area contributed by atoms with Gasteiger partial charge in [0.15, 0.2) is 6.10 Å². The van der Waals surface area contributed by atoms with Gasteiger partial charge in [-0.25, -0.2) is 4.57 Å². The van der Waals surface area contributed by atoms with E-state index in [-0.39, 0.29) is 19.4 Å². The van der Waals surface area contributed by atoms with Crippen molar-refractivity contribution >= 4 is 19.8 Å². The Morgan fingerprint density at radius 1 is 0.550 bits per heavy atom. The lowest BCUT2D eigenvalue weighted by Crippen LogP contribution is -2.29. The van der Waals surface area contributed by atoms with Crippen molar-refractivity contribution in [3.8, 4) is 0 Å². The van der Waals surface area contributed by atoms with E-state index in [9.17, 15) is 14.2 Å². The van der Waals surface area contributed by atoms with E-state index in [1.54, 1.807) is 0 Å². The van der Waals surface area contributed by atoms with Gasteiger partial charge in [0.25, 0.3) is 0 Å². The SMILES string of the molecule is CCCCCCCCCCCCCCCCC(=O)O[C@H](COC(=O)CCCCCCCCCC)COP(=O)(O)O. The smallest absolute Gasteiger partial charge is 0.462 e. The number of carbonyl (C=O) groups excluding carboxylic acids is 2.